The van der Waals surface area contributed by atoms with Gasteiger partial charge in [0.2, 0.25) is 0 Å². The highest BCUT2D eigenvalue weighted by Crippen LogP contribution is 2.35. The molecule has 0 N–H and O–H groups in total. The van der Waals surface area contributed by atoms with E-state index in [9.17, 15) is 26.3 Å². The molecule has 6 heteroatoms. The van der Waals surface area contributed by atoms with Crippen molar-refractivity contribution in [3.63, 3.8) is 0 Å². The molecule has 0 aromatic rings. The van der Waals surface area contributed by atoms with Gasteiger partial charge in [-0.3, -0.25) is 0 Å². The van der Waals surface area contributed by atoms with Gasteiger partial charge < -0.3 is 0 Å². The number of halogens is 6. The second kappa shape index (κ2) is 2.07. The first-order chi connectivity index (χ1) is 3.81. The van der Waals surface area contributed by atoms with Gasteiger partial charge in [-0.25, -0.2) is 4.39 Å². The molecule has 0 unspecified atom stereocenters. The average molecular weight is 152 g/mol. The van der Waals surface area contributed by atoms with Crippen molar-refractivity contribution in [2.24, 2.45) is 0 Å². The van der Waals surface area contributed by atoms with Crippen LogP contribution in [0.1, 0.15) is 0 Å². The maximum absolute atomic E-state index is 11.2. The Labute approximate surface area is 46.5 Å². The molecular formula is C3H2F6. The summed E-state index contributed by atoms with van der Waals surface area (Å²) in [6.45, 7) is -2.70. The monoisotopic (exact) mass is 152 g/mol. The fraction of sp³-hybridized carbons (Fsp3) is 1.00. The fourth-order valence-corrected chi connectivity index (χ4v) is 0.0758. The largest absolute Gasteiger partial charge is 0.456 e. The van der Waals surface area contributed by atoms with E-state index in [1.807, 2.05) is 0 Å². The summed E-state index contributed by atoms with van der Waals surface area (Å²) in [5.74, 6) is -5.19. The Morgan fingerprint density at radius 3 is 1.22 bits per heavy atom. The highest BCUT2D eigenvalue weighted by molar-refractivity contribution is 4.73. The minimum Gasteiger partial charge on any atom is -0.244 e. The third-order valence-electron chi connectivity index (χ3n) is 0.583. The van der Waals surface area contributed by atoms with Crippen molar-refractivity contribution in [1.82, 2.24) is 0 Å². The van der Waals surface area contributed by atoms with Crippen molar-refractivity contribution in [3.05, 3.63) is 0 Å². The van der Waals surface area contributed by atoms with Gasteiger partial charge in [-0.05, 0) is 0 Å². The summed E-state index contributed by atoms with van der Waals surface area (Å²) in [4.78, 5) is 0. The standard InChI is InChI=1S/C3H2F6/c4-1-2(5,6)3(7,8)9/h1H2. The molecule has 0 aliphatic carbocycles. The first-order valence-electron chi connectivity index (χ1n) is 1.82. The van der Waals surface area contributed by atoms with Gasteiger partial charge in [0, 0.05) is 0 Å². The molecule has 0 spiro atoms. The normalized spacial score (nSPS) is 14.0. The zero-order valence-electron chi connectivity index (χ0n) is 3.97. The summed E-state index contributed by atoms with van der Waals surface area (Å²) >= 11 is 0. The Morgan fingerprint density at radius 2 is 1.22 bits per heavy atom. The van der Waals surface area contributed by atoms with Crippen LogP contribution in [0.5, 0.6) is 0 Å². The average Bonchev–Trinajstić information content (AvgIpc) is 1.64. The summed E-state index contributed by atoms with van der Waals surface area (Å²) in [5.41, 5.74) is 0. The molecule has 0 aromatic heterocycles. The van der Waals surface area contributed by atoms with Crippen molar-refractivity contribution in [1.29, 1.82) is 0 Å². The molecule has 0 aliphatic heterocycles. The Morgan fingerprint density at radius 1 is 0.889 bits per heavy atom. The maximum atomic E-state index is 11.2. The van der Waals surface area contributed by atoms with Crippen LogP contribution in [0.25, 0.3) is 0 Å². The quantitative estimate of drug-likeness (QED) is 0.505. The molecule has 0 rings (SSSR count). The Hall–Kier alpha value is -0.420. The van der Waals surface area contributed by atoms with Crippen LogP contribution in [-0.2, 0) is 0 Å². The van der Waals surface area contributed by atoms with Crippen molar-refractivity contribution < 1.29 is 26.3 Å². The van der Waals surface area contributed by atoms with Gasteiger partial charge in [0.15, 0.2) is 6.67 Å². The van der Waals surface area contributed by atoms with E-state index in [2.05, 4.69) is 0 Å². The molecule has 0 saturated carbocycles. The lowest BCUT2D eigenvalue weighted by Crippen LogP contribution is -2.38. The summed E-state index contributed by atoms with van der Waals surface area (Å²) in [5, 5.41) is 0. The predicted octanol–water partition coefficient (Wildman–Crippen LogP) is 2.15. The van der Waals surface area contributed by atoms with Gasteiger partial charge in [0.25, 0.3) is 0 Å². The molecule has 9 heavy (non-hydrogen) atoms. The lowest BCUT2D eigenvalue weighted by Gasteiger charge is -2.14. The number of hydrogen-bond acceptors (Lipinski definition) is 0. The predicted molar refractivity (Wildman–Crippen MR) is 17.0 cm³/mol. The first kappa shape index (κ1) is 8.58. The number of rotatable bonds is 1. The summed E-state index contributed by atoms with van der Waals surface area (Å²) in [6.07, 6.45) is -5.76. The molecule has 0 aliphatic rings. The lowest BCUT2D eigenvalue weighted by molar-refractivity contribution is -0.286. The van der Waals surface area contributed by atoms with E-state index in [0.29, 0.717) is 0 Å². The van der Waals surface area contributed by atoms with Crippen LogP contribution in [0.15, 0.2) is 0 Å². The molecular weight excluding hydrogens is 150 g/mol. The van der Waals surface area contributed by atoms with E-state index in [1.165, 1.54) is 0 Å². The van der Waals surface area contributed by atoms with Gasteiger partial charge in [0.05, 0.1) is 0 Å². The van der Waals surface area contributed by atoms with Crippen molar-refractivity contribution in [2.75, 3.05) is 6.67 Å². The third-order valence-corrected chi connectivity index (χ3v) is 0.583. The van der Waals surface area contributed by atoms with Gasteiger partial charge in [-0.1, -0.05) is 0 Å². The van der Waals surface area contributed by atoms with E-state index in [4.69, 9.17) is 0 Å². The zero-order chi connectivity index (χ0) is 7.71. The van der Waals surface area contributed by atoms with Crippen molar-refractivity contribution in [3.8, 4) is 0 Å². The third kappa shape index (κ3) is 1.76. The fourth-order valence-electron chi connectivity index (χ4n) is 0.0758. The summed E-state index contributed by atoms with van der Waals surface area (Å²) in [7, 11) is 0. The smallest absolute Gasteiger partial charge is 0.244 e. The molecule has 0 fully saturated rings. The topological polar surface area (TPSA) is 0 Å². The van der Waals surface area contributed by atoms with Crippen LogP contribution in [0.2, 0.25) is 0 Å². The van der Waals surface area contributed by atoms with E-state index in [0.717, 1.165) is 0 Å². The molecule has 0 atom stereocenters. The van der Waals surface area contributed by atoms with Crippen LogP contribution in [0, 0.1) is 0 Å². The first-order valence-corrected chi connectivity index (χ1v) is 1.82. The van der Waals surface area contributed by atoms with E-state index < -0.39 is 18.8 Å². The van der Waals surface area contributed by atoms with Crippen LogP contribution in [0.4, 0.5) is 26.3 Å². The van der Waals surface area contributed by atoms with Gasteiger partial charge in [0.1, 0.15) is 0 Å². The second-order valence-corrected chi connectivity index (χ2v) is 1.34. The second-order valence-electron chi connectivity index (χ2n) is 1.34. The summed E-state index contributed by atoms with van der Waals surface area (Å²) < 4.78 is 65.6. The van der Waals surface area contributed by atoms with Crippen LogP contribution in [-0.4, -0.2) is 18.8 Å². The Kier molecular flexibility index (Phi) is 1.98. The molecule has 0 nitrogen and oxygen atoms in total. The van der Waals surface area contributed by atoms with Crippen LogP contribution in [0.3, 0.4) is 0 Å². The number of hydrogen-bond donors (Lipinski definition) is 0. The van der Waals surface area contributed by atoms with E-state index in [-0.39, 0.29) is 0 Å². The van der Waals surface area contributed by atoms with Gasteiger partial charge in [-0.2, -0.15) is 22.0 Å². The molecule has 56 valence electrons. The molecule has 0 amide bonds. The molecule has 0 bridgehead atoms. The zero-order valence-corrected chi connectivity index (χ0v) is 3.97. The molecule has 0 radical (unpaired) electrons. The Balaban J connectivity index is 4.14. The van der Waals surface area contributed by atoms with Gasteiger partial charge in [-0.15, -0.1) is 0 Å². The minimum absolute atomic E-state index is 2.70. The van der Waals surface area contributed by atoms with E-state index >= 15 is 0 Å². The maximum Gasteiger partial charge on any atom is 0.456 e. The molecule has 0 heterocycles. The van der Waals surface area contributed by atoms with Crippen molar-refractivity contribution in [2.45, 2.75) is 12.1 Å². The molecule has 0 aromatic carbocycles. The Bertz CT molecular complexity index is 91.0. The van der Waals surface area contributed by atoms with Crippen LogP contribution >= 0.6 is 0 Å². The highest BCUT2D eigenvalue weighted by Gasteiger charge is 2.57. The minimum atomic E-state index is -5.76. The lowest BCUT2D eigenvalue weighted by atomic mass is 10.4. The van der Waals surface area contributed by atoms with Gasteiger partial charge >= 0.3 is 12.1 Å². The molecule has 0 saturated heterocycles. The van der Waals surface area contributed by atoms with Crippen molar-refractivity contribution >= 4 is 0 Å². The van der Waals surface area contributed by atoms with Crippen LogP contribution < -0.4 is 0 Å². The highest BCUT2D eigenvalue weighted by atomic mass is 19.4. The SMILES string of the molecule is FCC(F)(F)C(F)(F)F. The summed E-state index contributed by atoms with van der Waals surface area (Å²) in [6, 6.07) is 0. The number of alkyl halides is 6. The van der Waals surface area contributed by atoms with E-state index in [1.54, 1.807) is 0 Å².